The number of hydrogen-bond donors (Lipinski definition) is 3. The molecule has 0 unspecified atom stereocenters. The molecule has 4 N–H and O–H groups in total. The summed E-state index contributed by atoms with van der Waals surface area (Å²) in [6.45, 7) is 9.62. The summed E-state index contributed by atoms with van der Waals surface area (Å²) in [7, 11) is 0. The molecule has 0 bridgehead atoms. The van der Waals surface area contributed by atoms with Crippen LogP contribution in [0.25, 0.3) is 20.3 Å². The molecule has 4 rings (SSSR count). The summed E-state index contributed by atoms with van der Waals surface area (Å²) in [5.74, 6) is 0.706. The van der Waals surface area contributed by atoms with Crippen LogP contribution in [0.2, 0.25) is 0 Å². The summed E-state index contributed by atoms with van der Waals surface area (Å²) in [6, 6.07) is 10.9. The first-order chi connectivity index (χ1) is 13.7. The summed E-state index contributed by atoms with van der Waals surface area (Å²) >= 11 is 3.51. The van der Waals surface area contributed by atoms with Crippen molar-refractivity contribution in [3.63, 3.8) is 0 Å². The van der Waals surface area contributed by atoms with Gasteiger partial charge in [0.2, 0.25) is 5.95 Å². The van der Waals surface area contributed by atoms with Gasteiger partial charge in [0, 0.05) is 44.5 Å². The van der Waals surface area contributed by atoms with Gasteiger partial charge < -0.3 is 16.4 Å². The Morgan fingerprint density at radius 1 is 1.00 bits per heavy atom. The third-order valence-electron chi connectivity index (χ3n) is 5.14. The van der Waals surface area contributed by atoms with Crippen LogP contribution in [-0.4, -0.2) is 27.1 Å². The SMILES string of the molecule is CC1(C)CC(Nc2nccc(-c3ccc(-c4ccc(CN)s4)s3)n2)CC(C)(C)N1. The molecule has 1 aliphatic rings. The van der Waals surface area contributed by atoms with Crippen LogP contribution in [-0.2, 0) is 6.54 Å². The van der Waals surface area contributed by atoms with E-state index in [4.69, 9.17) is 10.7 Å². The molecule has 0 radical (unpaired) electrons. The van der Waals surface area contributed by atoms with E-state index in [2.05, 4.69) is 67.6 Å². The highest BCUT2D eigenvalue weighted by molar-refractivity contribution is 7.23. The minimum atomic E-state index is 0.0861. The number of nitrogens with zero attached hydrogens (tertiary/aromatic N) is 2. The molecular formula is C22H29N5S2. The first-order valence-electron chi connectivity index (χ1n) is 10.0. The number of nitrogens with two attached hydrogens (primary N) is 1. The summed E-state index contributed by atoms with van der Waals surface area (Å²) in [5, 5.41) is 7.31. The number of thiophene rings is 2. The van der Waals surface area contributed by atoms with Gasteiger partial charge in [-0.15, -0.1) is 22.7 Å². The molecule has 0 aromatic carbocycles. The normalized spacial score (nSPS) is 18.7. The Labute approximate surface area is 180 Å². The zero-order chi connectivity index (χ0) is 20.6. The van der Waals surface area contributed by atoms with Crippen LogP contribution >= 0.6 is 22.7 Å². The second kappa shape index (κ2) is 7.80. The monoisotopic (exact) mass is 427 g/mol. The maximum absolute atomic E-state index is 5.75. The smallest absolute Gasteiger partial charge is 0.223 e. The van der Waals surface area contributed by atoms with Crippen molar-refractivity contribution in [2.24, 2.45) is 5.73 Å². The van der Waals surface area contributed by atoms with Crippen LogP contribution in [0.5, 0.6) is 0 Å². The number of nitrogens with one attached hydrogen (secondary N) is 2. The first kappa shape index (κ1) is 20.5. The van der Waals surface area contributed by atoms with Gasteiger partial charge in [-0.25, -0.2) is 9.97 Å². The standard InChI is InChI=1S/C22H29N5S2/c1-21(2)11-14(12-22(3,4)27-21)25-20-24-10-9-16(26-20)17-7-8-19(29-17)18-6-5-15(13-23)28-18/h5-10,14,27H,11-13,23H2,1-4H3,(H,24,25,26). The Hall–Kier alpha value is -1.80. The van der Waals surface area contributed by atoms with Crippen LogP contribution < -0.4 is 16.4 Å². The molecule has 3 aromatic heterocycles. The van der Waals surface area contributed by atoms with Gasteiger partial charge in [-0.3, -0.25) is 0 Å². The third kappa shape index (κ3) is 4.86. The fourth-order valence-electron chi connectivity index (χ4n) is 4.40. The summed E-state index contributed by atoms with van der Waals surface area (Å²) in [6.07, 6.45) is 3.92. The predicted octanol–water partition coefficient (Wildman–Crippen LogP) is 5.11. The molecule has 0 amide bonds. The maximum Gasteiger partial charge on any atom is 0.223 e. The van der Waals surface area contributed by atoms with E-state index < -0.39 is 0 Å². The second-order valence-electron chi connectivity index (χ2n) is 9.04. The van der Waals surface area contributed by atoms with Crippen molar-refractivity contribution in [1.29, 1.82) is 0 Å². The van der Waals surface area contributed by atoms with Crippen LogP contribution in [0, 0.1) is 0 Å². The predicted molar refractivity (Wildman–Crippen MR) is 124 cm³/mol. The molecule has 3 aromatic rings. The number of rotatable bonds is 5. The number of piperidine rings is 1. The van der Waals surface area contributed by atoms with Gasteiger partial charge in [0.15, 0.2) is 0 Å². The van der Waals surface area contributed by atoms with Gasteiger partial charge in [0.25, 0.3) is 0 Å². The fraction of sp³-hybridized carbons (Fsp3) is 0.455. The molecule has 0 spiro atoms. The van der Waals surface area contributed by atoms with Crippen molar-refractivity contribution in [2.75, 3.05) is 5.32 Å². The number of hydrogen-bond acceptors (Lipinski definition) is 7. The molecule has 29 heavy (non-hydrogen) atoms. The second-order valence-corrected chi connectivity index (χ2v) is 11.3. The van der Waals surface area contributed by atoms with E-state index in [0.29, 0.717) is 18.5 Å². The Kier molecular flexibility index (Phi) is 5.50. The van der Waals surface area contributed by atoms with Crippen molar-refractivity contribution in [1.82, 2.24) is 15.3 Å². The van der Waals surface area contributed by atoms with Crippen LogP contribution in [0.15, 0.2) is 36.5 Å². The van der Waals surface area contributed by atoms with Crippen LogP contribution in [0.3, 0.4) is 0 Å². The van der Waals surface area contributed by atoms with Crippen molar-refractivity contribution in [3.8, 4) is 20.3 Å². The summed E-state index contributed by atoms with van der Waals surface area (Å²) in [4.78, 5) is 14.2. The van der Waals surface area contributed by atoms with Crippen LogP contribution in [0.4, 0.5) is 5.95 Å². The molecule has 1 saturated heterocycles. The minimum Gasteiger partial charge on any atom is -0.351 e. The van der Waals surface area contributed by atoms with Gasteiger partial charge in [-0.1, -0.05) is 0 Å². The molecule has 1 fully saturated rings. The van der Waals surface area contributed by atoms with Gasteiger partial charge in [-0.05, 0) is 70.9 Å². The van der Waals surface area contributed by atoms with Crippen molar-refractivity contribution in [3.05, 3.63) is 41.4 Å². The lowest BCUT2D eigenvalue weighted by Gasteiger charge is -2.46. The molecule has 4 heterocycles. The summed E-state index contributed by atoms with van der Waals surface area (Å²) < 4.78 is 0. The Balaban J connectivity index is 1.52. The topological polar surface area (TPSA) is 75.9 Å². The lowest BCUT2D eigenvalue weighted by molar-refractivity contribution is 0.170. The van der Waals surface area contributed by atoms with Crippen LogP contribution in [0.1, 0.15) is 45.4 Å². The minimum absolute atomic E-state index is 0.0861. The lowest BCUT2D eigenvalue weighted by Crippen LogP contribution is -2.60. The fourth-order valence-corrected chi connectivity index (χ4v) is 6.35. The molecule has 0 aliphatic carbocycles. The molecular weight excluding hydrogens is 398 g/mol. The Morgan fingerprint density at radius 2 is 1.66 bits per heavy atom. The van der Waals surface area contributed by atoms with E-state index in [-0.39, 0.29) is 11.1 Å². The van der Waals surface area contributed by atoms with Crippen molar-refractivity contribution >= 4 is 28.6 Å². The van der Waals surface area contributed by atoms with Gasteiger partial charge in [0.05, 0.1) is 10.6 Å². The largest absolute Gasteiger partial charge is 0.351 e. The van der Waals surface area contributed by atoms with Crippen molar-refractivity contribution < 1.29 is 0 Å². The quantitative estimate of drug-likeness (QED) is 0.527. The summed E-state index contributed by atoms with van der Waals surface area (Å²) in [5.41, 5.74) is 6.88. The van der Waals surface area contributed by atoms with Gasteiger partial charge in [-0.2, -0.15) is 0 Å². The number of anilines is 1. The molecule has 7 heteroatoms. The zero-order valence-corrected chi connectivity index (χ0v) is 19.1. The molecule has 5 nitrogen and oxygen atoms in total. The van der Waals surface area contributed by atoms with E-state index in [0.717, 1.165) is 23.4 Å². The molecule has 0 atom stereocenters. The molecule has 154 valence electrons. The lowest BCUT2D eigenvalue weighted by atomic mass is 9.80. The highest BCUT2D eigenvalue weighted by atomic mass is 32.1. The highest BCUT2D eigenvalue weighted by Crippen LogP contribution is 2.37. The van der Waals surface area contributed by atoms with E-state index in [9.17, 15) is 0 Å². The van der Waals surface area contributed by atoms with E-state index in [1.165, 1.54) is 14.6 Å². The van der Waals surface area contributed by atoms with E-state index in [1.807, 2.05) is 12.3 Å². The zero-order valence-electron chi connectivity index (χ0n) is 17.5. The molecule has 1 aliphatic heterocycles. The maximum atomic E-state index is 5.75. The van der Waals surface area contributed by atoms with Gasteiger partial charge >= 0.3 is 0 Å². The van der Waals surface area contributed by atoms with Gasteiger partial charge in [0.1, 0.15) is 0 Å². The Morgan fingerprint density at radius 3 is 2.34 bits per heavy atom. The molecule has 0 saturated carbocycles. The van der Waals surface area contributed by atoms with E-state index in [1.54, 1.807) is 22.7 Å². The average molecular weight is 428 g/mol. The first-order valence-corrected chi connectivity index (χ1v) is 11.6. The van der Waals surface area contributed by atoms with Crippen molar-refractivity contribution in [2.45, 2.75) is 64.2 Å². The van der Waals surface area contributed by atoms with E-state index >= 15 is 0 Å². The number of aromatic nitrogens is 2. The Bertz CT molecular complexity index is 973. The third-order valence-corrected chi connectivity index (χ3v) is 7.55. The highest BCUT2D eigenvalue weighted by Gasteiger charge is 2.37. The average Bonchev–Trinajstić information content (AvgIpc) is 3.28.